The molecule has 0 atom stereocenters. The molecular weight excluding hydrogens is 359 g/mol. The van der Waals surface area contributed by atoms with Crippen molar-refractivity contribution in [3.05, 3.63) is 27.3 Å². The highest BCUT2D eigenvalue weighted by Crippen LogP contribution is 2.17. The third kappa shape index (κ3) is 3.63. The van der Waals surface area contributed by atoms with Crippen LogP contribution in [0.15, 0.2) is 23.1 Å². The maximum absolute atomic E-state index is 11.8. The van der Waals surface area contributed by atoms with Crippen molar-refractivity contribution < 1.29 is 18.3 Å². The summed E-state index contributed by atoms with van der Waals surface area (Å²) in [5, 5.41) is 10.2. The van der Waals surface area contributed by atoms with Gasteiger partial charge in [0.25, 0.3) is 10.0 Å². The van der Waals surface area contributed by atoms with Gasteiger partial charge in [0.15, 0.2) is 0 Å². The second-order valence-corrected chi connectivity index (χ2v) is 6.26. The summed E-state index contributed by atoms with van der Waals surface area (Å²) in [4.78, 5) is 13.0. The molecule has 0 aliphatic heterocycles. The minimum Gasteiger partial charge on any atom is -0.478 e. The number of benzene rings is 1. The Morgan fingerprint density at radius 1 is 1.41 bits per heavy atom. The molecule has 17 heavy (non-hydrogen) atoms. The molecule has 0 amide bonds. The number of carbonyl (C=O) groups is 1. The highest BCUT2D eigenvalue weighted by Gasteiger charge is 2.18. The first-order valence-electron chi connectivity index (χ1n) is 4.46. The Balaban J connectivity index is 3.25. The Morgan fingerprint density at radius 3 is 2.47 bits per heavy atom. The van der Waals surface area contributed by atoms with Crippen LogP contribution in [0, 0.1) is 3.57 Å². The molecule has 8 heteroatoms. The summed E-state index contributed by atoms with van der Waals surface area (Å²) < 4.78 is 24.0. The lowest BCUT2D eigenvalue weighted by Gasteiger charge is -2.13. The number of aromatic carboxylic acids is 1. The van der Waals surface area contributed by atoms with Crippen molar-refractivity contribution >= 4 is 38.6 Å². The fourth-order valence-electron chi connectivity index (χ4n) is 1.13. The van der Waals surface area contributed by atoms with Crippen LogP contribution >= 0.6 is 22.6 Å². The summed E-state index contributed by atoms with van der Waals surface area (Å²) in [6, 6.07) is 3.95. The normalized spacial score (nSPS) is 11.8. The van der Waals surface area contributed by atoms with Gasteiger partial charge in [0.05, 0.1) is 10.5 Å². The van der Waals surface area contributed by atoms with Crippen molar-refractivity contribution in [1.29, 1.82) is 0 Å². The molecule has 94 valence electrons. The zero-order chi connectivity index (χ0) is 13.2. The number of hydrogen-bond acceptors (Lipinski definition) is 4. The van der Waals surface area contributed by atoms with Gasteiger partial charge in [-0.3, -0.25) is 0 Å². The van der Waals surface area contributed by atoms with E-state index in [1.54, 1.807) is 0 Å². The zero-order valence-electron chi connectivity index (χ0n) is 9.14. The Hall–Kier alpha value is -0.710. The van der Waals surface area contributed by atoms with E-state index in [2.05, 4.69) is 4.83 Å². The van der Waals surface area contributed by atoms with Crippen LogP contribution in [0.1, 0.15) is 10.4 Å². The molecule has 0 radical (unpaired) electrons. The third-order valence-electron chi connectivity index (χ3n) is 1.78. The van der Waals surface area contributed by atoms with Gasteiger partial charge >= 0.3 is 5.97 Å². The van der Waals surface area contributed by atoms with Crippen LogP contribution in [0.5, 0.6) is 0 Å². The monoisotopic (exact) mass is 370 g/mol. The van der Waals surface area contributed by atoms with Crippen LogP contribution in [0.2, 0.25) is 0 Å². The number of sulfonamides is 1. The summed E-state index contributed by atoms with van der Waals surface area (Å²) in [7, 11) is -0.663. The molecule has 0 unspecified atom stereocenters. The molecule has 0 fully saturated rings. The fourth-order valence-corrected chi connectivity index (χ4v) is 2.80. The van der Waals surface area contributed by atoms with Crippen molar-refractivity contribution in [2.45, 2.75) is 4.90 Å². The molecule has 1 rings (SSSR count). The summed E-state index contributed by atoms with van der Waals surface area (Å²) >= 11 is 1.84. The largest absolute Gasteiger partial charge is 0.478 e. The number of halogens is 1. The second-order valence-electron chi connectivity index (χ2n) is 3.44. The SMILES string of the molecule is CN(C)NS(=O)(=O)c1ccc(I)c(C(=O)O)c1. The van der Waals surface area contributed by atoms with E-state index < -0.39 is 16.0 Å². The van der Waals surface area contributed by atoms with E-state index in [9.17, 15) is 13.2 Å². The van der Waals surface area contributed by atoms with Gasteiger partial charge in [-0.1, -0.05) is 0 Å². The Kier molecular flexibility index (Phi) is 4.47. The lowest BCUT2D eigenvalue weighted by molar-refractivity contribution is 0.0695. The minimum absolute atomic E-state index is 0.0350. The maximum atomic E-state index is 11.8. The first kappa shape index (κ1) is 14.4. The molecule has 6 nitrogen and oxygen atoms in total. The molecule has 0 bridgehead atoms. The first-order valence-corrected chi connectivity index (χ1v) is 7.03. The molecule has 2 N–H and O–H groups in total. The molecule has 0 aromatic heterocycles. The lowest BCUT2D eigenvalue weighted by Crippen LogP contribution is -2.36. The fraction of sp³-hybridized carbons (Fsp3) is 0.222. The topological polar surface area (TPSA) is 86.7 Å². The van der Waals surface area contributed by atoms with Crippen molar-refractivity contribution in [2.75, 3.05) is 14.1 Å². The number of nitrogens with zero attached hydrogens (tertiary/aromatic N) is 1. The van der Waals surface area contributed by atoms with Crippen molar-refractivity contribution in [3.8, 4) is 0 Å². The van der Waals surface area contributed by atoms with Crippen LogP contribution < -0.4 is 4.83 Å². The Labute approximate surface area is 113 Å². The lowest BCUT2D eigenvalue weighted by atomic mass is 10.2. The van der Waals surface area contributed by atoms with Gasteiger partial charge in [0.2, 0.25) is 0 Å². The van der Waals surface area contributed by atoms with E-state index in [-0.39, 0.29) is 10.5 Å². The van der Waals surface area contributed by atoms with E-state index in [1.807, 2.05) is 22.6 Å². The van der Waals surface area contributed by atoms with Gasteiger partial charge in [-0.15, -0.1) is 4.83 Å². The van der Waals surface area contributed by atoms with Gasteiger partial charge in [-0.2, -0.15) is 0 Å². The van der Waals surface area contributed by atoms with Gasteiger partial charge in [-0.25, -0.2) is 18.2 Å². The number of nitrogens with one attached hydrogen (secondary N) is 1. The molecule has 0 spiro atoms. The number of hydrogen-bond donors (Lipinski definition) is 2. The number of carboxylic acids is 1. The van der Waals surface area contributed by atoms with Gasteiger partial charge in [-0.05, 0) is 40.8 Å². The van der Waals surface area contributed by atoms with Crippen LogP contribution in [0.3, 0.4) is 0 Å². The van der Waals surface area contributed by atoms with Crippen LogP contribution in [0.25, 0.3) is 0 Å². The molecule has 0 aliphatic carbocycles. The van der Waals surface area contributed by atoms with Gasteiger partial charge in [0, 0.05) is 17.7 Å². The molecule has 0 saturated carbocycles. The molecule has 1 aromatic rings. The molecule has 0 aliphatic rings. The van der Waals surface area contributed by atoms with E-state index in [4.69, 9.17) is 5.11 Å². The average Bonchev–Trinajstić information content (AvgIpc) is 2.15. The smallest absolute Gasteiger partial charge is 0.336 e. The van der Waals surface area contributed by atoms with Gasteiger partial charge in [0.1, 0.15) is 0 Å². The van der Waals surface area contributed by atoms with Crippen LogP contribution in [-0.2, 0) is 10.0 Å². The molecule has 1 aromatic carbocycles. The van der Waals surface area contributed by atoms with Gasteiger partial charge < -0.3 is 5.11 Å². The Bertz CT molecular complexity index is 542. The van der Waals surface area contributed by atoms with Crippen molar-refractivity contribution in [3.63, 3.8) is 0 Å². The van der Waals surface area contributed by atoms with Crippen LogP contribution in [-0.4, -0.2) is 38.6 Å². The molecule has 0 heterocycles. The molecular formula is C9H11IN2O4S. The van der Waals surface area contributed by atoms with E-state index >= 15 is 0 Å². The minimum atomic E-state index is -3.72. The maximum Gasteiger partial charge on any atom is 0.336 e. The third-order valence-corrected chi connectivity index (χ3v) is 4.20. The van der Waals surface area contributed by atoms with Crippen LogP contribution in [0.4, 0.5) is 0 Å². The predicted molar refractivity (Wildman–Crippen MR) is 70.1 cm³/mol. The summed E-state index contributed by atoms with van der Waals surface area (Å²) in [5.74, 6) is -1.16. The standard InChI is InChI=1S/C9H11IN2O4S/c1-12(2)11-17(15,16)6-3-4-8(10)7(5-6)9(13)14/h3-5,11H,1-2H3,(H,13,14). The average molecular weight is 370 g/mol. The van der Waals surface area contributed by atoms with E-state index in [0.717, 1.165) is 6.07 Å². The number of carboxylic acid groups (broad SMARTS) is 1. The highest BCUT2D eigenvalue weighted by molar-refractivity contribution is 14.1. The first-order chi connectivity index (χ1) is 7.74. The predicted octanol–water partition coefficient (Wildman–Crippen LogP) is 0.744. The number of hydrazine groups is 1. The van der Waals surface area contributed by atoms with Crippen molar-refractivity contribution in [1.82, 2.24) is 9.84 Å². The quantitative estimate of drug-likeness (QED) is 0.603. The number of rotatable bonds is 4. The summed E-state index contributed by atoms with van der Waals surface area (Å²) in [6.45, 7) is 0. The van der Waals surface area contributed by atoms with E-state index in [0.29, 0.717) is 3.57 Å². The van der Waals surface area contributed by atoms with E-state index in [1.165, 1.54) is 31.2 Å². The second kappa shape index (κ2) is 5.29. The zero-order valence-corrected chi connectivity index (χ0v) is 12.1. The van der Waals surface area contributed by atoms with Crippen molar-refractivity contribution in [2.24, 2.45) is 0 Å². The summed E-state index contributed by atoms with van der Waals surface area (Å²) in [6.07, 6.45) is 0. The highest BCUT2D eigenvalue weighted by atomic mass is 127. The Morgan fingerprint density at radius 2 is 2.00 bits per heavy atom. The molecule has 0 saturated heterocycles. The summed E-state index contributed by atoms with van der Waals surface area (Å²) in [5.41, 5.74) is -0.0350.